The molecule has 3 rings (SSSR count). The predicted octanol–water partition coefficient (Wildman–Crippen LogP) is 5.29. The van der Waals surface area contributed by atoms with E-state index < -0.39 is 11.9 Å². The molecule has 1 aliphatic carbocycles. The van der Waals surface area contributed by atoms with E-state index in [2.05, 4.69) is 58.1 Å². The summed E-state index contributed by atoms with van der Waals surface area (Å²) in [4.78, 5) is 16.7. The molecule has 1 aromatic heterocycles. The molecule has 21 heavy (non-hydrogen) atoms. The Bertz CT molecular complexity index is 709. The Kier molecular flexibility index (Phi) is 4.40. The van der Waals surface area contributed by atoms with Crippen molar-refractivity contribution in [3.63, 3.8) is 0 Å². The van der Waals surface area contributed by atoms with Crippen molar-refractivity contribution >= 4 is 75.9 Å². The minimum absolute atomic E-state index is 0.469. The molecule has 2 N–H and O–H groups in total. The summed E-state index contributed by atoms with van der Waals surface area (Å²) in [6, 6.07) is 3.88. The van der Waals surface area contributed by atoms with Crippen LogP contribution in [0.15, 0.2) is 25.6 Å². The quantitative estimate of drug-likeness (QED) is 0.606. The number of hydrogen-bond donors (Lipinski definition) is 2. The van der Waals surface area contributed by atoms with Gasteiger partial charge < -0.3 is 10.4 Å². The second kappa shape index (κ2) is 5.98. The molecule has 0 saturated carbocycles. The third-order valence-corrected chi connectivity index (χ3v) is 6.01. The molecular formula is C13H9Br3N2O2S. The van der Waals surface area contributed by atoms with Crippen molar-refractivity contribution in [2.24, 2.45) is 0 Å². The van der Waals surface area contributed by atoms with Gasteiger partial charge in [-0.05, 0) is 56.8 Å². The monoisotopic (exact) mass is 494 g/mol. The van der Waals surface area contributed by atoms with Crippen molar-refractivity contribution in [1.82, 2.24) is 4.98 Å². The highest BCUT2D eigenvalue weighted by Crippen LogP contribution is 2.41. The number of thiazole rings is 1. The van der Waals surface area contributed by atoms with Crippen molar-refractivity contribution in [3.8, 4) is 0 Å². The van der Waals surface area contributed by atoms with Crippen molar-refractivity contribution < 1.29 is 9.90 Å². The zero-order valence-corrected chi connectivity index (χ0v) is 16.1. The van der Waals surface area contributed by atoms with E-state index in [1.165, 1.54) is 11.3 Å². The third kappa shape index (κ3) is 3.04. The number of aliphatic carboxylic acids is 1. The Morgan fingerprint density at radius 2 is 2.00 bits per heavy atom. The molecule has 0 fully saturated rings. The summed E-state index contributed by atoms with van der Waals surface area (Å²) >= 11 is 12.0. The van der Waals surface area contributed by atoms with Gasteiger partial charge in [0.05, 0.1) is 11.4 Å². The van der Waals surface area contributed by atoms with Crippen LogP contribution in [0.25, 0.3) is 0 Å². The molecule has 1 aromatic carbocycles. The third-order valence-electron chi connectivity index (χ3n) is 3.25. The maximum absolute atomic E-state index is 11.2. The van der Waals surface area contributed by atoms with Crippen LogP contribution in [0.4, 0.5) is 10.8 Å². The van der Waals surface area contributed by atoms with E-state index in [1.807, 2.05) is 12.1 Å². The molecule has 1 unspecified atom stereocenters. The van der Waals surface area contributed by atoms with Crippen LogP contribution in [0, 0.1) is 0 Å². The summed E-state index contributed by atoms with van der Waals surface area (Å²) in [5.74, 6) is -1.26. The molecule has 110 valence electrons. The number of anilines is 2. The molecule has 0 amide bonds. The second-order valence-electron chi connectivity index (χ2n) is 4.63. The Labute approximate surface area is 150 Å². The number of aryl methyl sites for hydroxylation is 1. The molecule has 0 spiro atoms. The average Bonchev–Trinajstić information content (AvgIpc) is 2.92. The fourth-order valence-corrected chi connectivity index (χ4v) is 5.79. The van der Waals surface area contributed by atoms with Crippen LogP contribution in [-0.2, 0) is 11.2 Å². The smallest absolute Gasteiger partial charge is 0.312 e. The van der Waals surface area contributed by atoms with Crippen molar-refractivity contribution in [3.05, 3.63) is 36.1 Å². The van der Waals surface area contributed by atoms with Crippen LogP contribution in [0.5, 0.6) is 0 Å². The lowest BCUT2D eigenvalue weighted by Gasteiger charge is -2.09. The molecule has 8 heteroatoms. The zero-order chi connectivity index (χ0) is 15.1. The zero-order valence-electron chi connectivity index (χ0n) is 10.5. The SMILES string of the molecule is O=C(O)C1CCc2sc(Nc3c(Br)cc(Br)cc3Br)nc21. The summed E-state index contributed by atoms with van der Waals surface area (Å²) in [6.45, 7) is 0. The summed E-state index contributed by atoms with van der Waals surface area (Å²) in [5, 5.41) is 13.2. The number of nitrogens with zero attached hydrogens (tertiary/aromatic N) is 1. The maximum atomic E-state index is 11.2. The number of fused-ring (bicyclic) bond motifs is 1. The first-order chi connectivity index (χ1) is 9.95. The van der Waals surface area contributed by atoms with Crippen LogP contribution in [-0.4, -0.2) is 16.1 Å². The van der Waals surface area contributed by atoms with E-state index in [4.69, 9.17) is 0 Å². The summed E-state index contributed by atoms with van der Waals surface area (Å²) in [5.41, 5.74) is 1.58. The molecule has 0 saturated heterocycles. The number of carboxylic acids is 1. The van der Waals surface area contributed by atoms with E-state index in [0.717, 1.165) is 35.5 Å². The number of aromatic nitrogens is 1. The molecular weight excluding hydrogens is 488 g/mol. The van der Waals surface area contributed by atoms with Crippen LogP contribution in [0.3, 0.4) is 0 Å². The van der Waals surface area contributed by atoms with Crippen molar-refractivity contribution in [2.75, 3.05) is 5.32 Å². The van der Waals surface area contributed by atoms with Crippen LogP contribution in [0.2, 0.25) is 0 Å². The average molecular weight is 497 g/mol. The normalized spacial score (nSPS) is 16.8. The summed E-state index contributed by atoms with van der Waals surface area (Å²) < 4.78 is 2.75. The highest BCUT2D eigenvalue weighted by molar-refractivity contribution is 9.11. The van der Waals surface area contributed by atoms with Crippen LogP contribution >= 0.6 is 59.1 Å². The molecule has 1 atom stereocenters. The van der Waals surface area contributed by atoms with E-state index in [9.17, 15) is 9.90 Å². The predicted molar refractivity (Wildman–Crippen MR) is 93.6 cm³/mol. The molecule has 1 heterocycles. The molecule has 1 aliphatic rings. The van der Waals surface area contributed by atoms with Gasteiger partial charge in [0.25, 0.3) is 0 Å². The van der Waals surface area contributed by atoms with Gasteiger partial charge in [-0.3, -0.25) is 4.79 Å². The van der Waals surface area contributed by atoms with Gasteiger partial charge in [-0.2, -0.15) is 0 Å². The second-order valence-corrected chi connectivity index (χ2v) is 8.33. The van der Waals surface area contributed by atoms with Crippen molar-refractivity contribution in [1.29, 1.82) is 0 Å². The van der Waals surface area contributed by atoms with Gasteiger partial charge in [-0.15, -0.1) is 11.3 Å². The minimum Gasteiger partial charge on any atom is -0.481 e. The molecule has 0 radical (unpaired) electrons. The van der Waals surface area contributed by atoms with E-state index in [0.29, 0.717) is 12.1 Å². The van der Waals surface area contributed by atoms with E-state index >= 15 is 0 Å². The highest BCUT2D eigenvalue weighted by Gasteiger charge is 2.32. The number of halogens is 3. The Hall–Kier alpha value is -0.440. The standard InChI is InChI=1S/C13H9Br3N2O2S/c14-5-3-7(15)11(8(16)4-5)18-13-17-10-6(12(19)20)1-2-9(10)21-13/h3-4,6H,1-2H2,(H,17,18)(H,19,20). The number of nitrogens with one attached hydrogen (secondary N) is 1. The molecule has 0 bridgehead atoms. The number of benzene rings is 1. The lowest BCUT2D eigenvalue weighted by Crippen LogP contribution is -2.08. The van der Waals surface area contributed by atoms with Gasteiger partial charge >= 0.3 is 5.97 Å². The fraction of sp³-hybridized carbons (Fsp3) is 0.231. The molecule has 2 aromatic rings. The first-order valence-electron chi connectivity index (χ1n) is 6.09. The first-order valence-corrected chi connectivity index (χ1v) is 9.29. The Balaban J connectivity index is 1.91. The van der Waals surface area contributed by atoms with Crippen LogP contribution < -0.4 is 5.32 Å². The number of carbonyl (C=O) groups is 1. The van der Waals surface area contributed by atoms with Gasteiger partial charge in [0, 0.05) is 18.3 Å². The lowest BCUT2D eigenvalue weighted by molar-refractivity contribution is -0.138. The highest BCUT2D eigenvalue weighted by atomic mass is 79.9. The minimum atomic E-state index is -0.795. The van der Waals surface area contributed by atoms with Gasteiger partial charge in [-0.25, -0.2) is 4.98 Å². The largest absolute Gasteiger partial charge is 0.481 e. The van der Waals surface area contributed by atoms with Crippen LogP contribution in [0.1, 0.15) is 22.9 Å². The summed E-state index contributed by atoms with van der Waals surface area (Å²) in [7, 11) is 0. The lowest BCUT2D eigenvalue weighted by atomic mass is 10.1. The summed E-state index contributed by atoms with van der Waals surface area (Å²) in [6.07, 6.45) is 1.43. The van der Waals surface area contributed by atoms with Gasteiger partial charge in [0.1, 0.15) is 5.92 Å². The van der Waals surface area contributed by atoms with E-state index in [-0.39, 0.29) is 0 Å². The van der Waals surface area contributed by atoms with Gasteiger partial charge in [-0.1, -0.05) is 15.9 Å². The topological polar surface area (TPSA) is 62.2 Å². The fourth-order valence-electron chi connectivity index (χ4n) is 2.29. The molecule has 0 aliphatic heterocycles. The first kappa shape index (κ1) is 15.5. The number of hydrogen-bond acceptors (Lipinski definition) is 4. The number of rotatable bonds is 3. The Morgan fingerprint density at radius 3 is 2.62 bits per heavy atom. The maximum Gasteiger partial charge on any atom is 0.312 e. The van der Waals surface area contributed by atoms with E-state index in [1.54, 1.807) is 0 Å². The number of carboxylic acid groups (broad SMARTS) is 1. The Morgan fingerprint density at radius 1 is 1.33 bits per heavy atom. The van der Waals surface area contributed by atoms with Gasteiger partial charge in [0.2, 0.25) is 0 Å². The van der Waals surface area contributed by atoms with Gasteiger partial charge in [0.15, 0.2) is 5.13 Å². The molecule has 4 nitrogen and oxygen atoms in total. The van der Waals surface area contributed by atoms with Crippen molar-refractivity contribution in [2.45, 2.75) is 18.8 Å².